The molecule has 4 heteroatoms. The van der Waals surface area contributed by atoms with Gasteiger partial charge in [-0.05, 0) is 12.3 Å². The van der Waals surface area contributed by atoms with Crippen molar-refractivity contribution in [3.8, 4) is 0 Å². The van der Waals surface area contributed by atoms with Gasteiger partial charge in [-0.2, -0.15) is 0 Å². The van der Waals surface area contributed by atoms with Crippen LogP contribution < -0.4 is 5.63 Å². The maximum atomic E-state index is 10.8. The van der Waals surface area contributed by atoms with E-state index in [2.05, 4.69) is 28.5 Å². The van der Waals surface area contributed by atoms with Gasteiger partial charge in [0.25, 0.3) is 0 Å². The predicted molar refractivity (Wildman–Crippen MR) is 69.7 cm³/mol. The van der Waals surface area contributed by atoms with Crippen molar-refractivity contribution in [3.05, 3.63) is 22.2 Å². The quantitative estimate of drug-likeness (QED) is 0.708. The average Bonchev–Trinajstić information content (AvgIpc) is 2.74. The number of nitrogens with one attached hydrogen (secondary N) is 1. The second-order valence-corrected chi connectivity index (χ2v) is 4.36. The molecule has 1 heterocycles. The van der Waals surface area contributed by atoms with E-state index in [9.17, 15) is 4.79 Å². The molecule has 96 valence electrons. The van der Waals surface area contributed by atoms with Crippen molar-refractivity contribution in [2.24, 2.45) is 10.9 Å². The van der Waals surface area contributed by atoms with E-state index in [-0.39, 0.29) is 5.63 Å². The summed E-state index contributed by atoms with van der Waals surface area (Å²) in [4.78, 5) is 15.2. The fourth-order valence-corrected chi connectivity index (χ4v) is 1.72. The molecule has 1 aromatic rings. The Kier molecular flexibility index (Phi) is 6.37. The van der Waals surface area contributed by atoms with Crippen molar-refractivity contribution in [1.82, 2.24) is 5.16 Å². The lowest BCUT2D eigenvalue weighted by Crippen LogP contribution is -2.03. The third-order valence-corrected chi connectivity index (χ3v) is 2.92. The Morgan fingerprint density at radius 1 is 1.53 bits per heavy atom. The summed E-state index contributed by atoms with van der Waals surface area (Å²) in [6.07, 6.45) is 7.46. The van der Waals surface area contributed by atoms with Gasteiger partial charge in [0.15, 0.2) is 0 Å². The second kappa shape index (κ2) is 7.87. The first-order valence-corrected chi connectivity index (χ1v) is 6.41. The summed E-state index contributed by atoms with van der Waals surface area (Å²) in [5.74, 6) is 0.689. The molecule has 0 saturated carbocycles. The van der Waals surface area contributed by atoms with Crippen LogP contribution >= 0.6 is 0 Å². The van der Waals surface area contributed by atoms with E-state index in [1.807, 2.05) is 6.21 Å². The molecule has 0 bridgehead atoms. The Morgan fingerprint density at radius 3 is 2.94 bits per heavy atom. The van der Waals surface area contributed by atoms with Crippen LogP contribution in [0, 0.1) is 5.92 Å². The maximum Gasteiger partial charge on any atom is 0.357 e. The number of aromatic amines is 1. The third-order valence-electron chi connectivity index (χ3n) is 2.92. The molecule has 0 aliphatic rings. The summed E-state index contributed by atoms with van der Waals surface area (Å²) in [6.45, 7) is 5.31. The predicted octanol–water partition coefficient (Wildman–Crippen LogP) is 2.80. The number of aromatic nitrogens is 1. The Bertz CT molecular complexity index is 379. The monoisotopic (exact) mass is 238 g/mol. The first kappa shape index (κ1) is 13.7. The zero-order valence-corrected chi connectivity index (χ0v) is 10.7. The number of rotatable bonds is 8. The Hall–Kier alpha value is -1.32. The Balaban J connectivity index is 2.26. The highest BCUT2D eigenvalue weighted by atomic mass is 16.5. The molecule has 4 nitrogen and oxygen atoms in total. The molecule has 0 aliphatic heterocycles. The third kappa shape index (κ3) is 5.52. The molecule has 1 aromatic heterocycles. The number of aliphatic imine (C=N–C) groups is 1. The average molecular weight is 238 g/mol. The number of hydrogen-bond acceptors (Lipinski definition) is 3. The lowest BCUT2D eigenvalue weighted by atomic mass is 10.00. The highest BCUT2D eigenvalue weighted by molar-refractivity contribution is 5.60. The second-order valence-electron chi connectivity index (χ2n) is 4.36. The highest BCUT2D eigenvalue weighted by Gasteiger charge is 2.03. The van der Waals surface area contributed by atoms with E-state index in [0.717, 1.165) is 12.2 Å². The van der Waals surface area contributed by atoms with Crippen LogP contribution in [0.2, 0.25) is 0 Å². The van der Waals surface area contributed by atoms with Crippen molar-refractivity contribution in [2.75, 3.05) is 6.54 Å². The van der Waals surface area contributed by atoms with E-state index >= 15 is 0 Å². The van der Waals surface area contributed by atoms with Crippen molar-refractivity contribution in [2.45, 2.75) is 46.0 Å². The molecule has 17 heavy (non-hydrogen) atoms. The molecule has 1 unspecified atom stereocenters. The Morgan fingerprint density at radius 2 is 2.35 bits per heavy atom. The summed E-state index contributed by atoms with van der Waals surface area (Å²) < 4.78 is 4.57. The standard InChI is InChI=1S/C13H22N2O2/c1-3-5-6-11(4-2)10-14-8-7-12-9-13(16)17-15-12/h8-9,11,15H,3-7,10H2,1-2H3. The van der Waals surface area contributed by atoms with E-state index in [1.54, 1.807) is 0 Å². The van der Waals surface area contributed by atoms with Gasteiger partial charge in [-0.1, -0.05) is 33.1 Å². The minimum atomic E-state index is -0.331. The minimum Gasteiger partial charge on any atom is -0.339 e. The van der Waals surface area contributed by atoms with Gasteiger partial charge < -0.3 is 4.52 Å². The van der Waals surface area contributed by atoms with Crippen molar-refractivity contribution in [1.29, 1.82) is 0 Å². The van der Waals surface area contributed by atoms with Crippen LogP contribution in [0.4, 0.5) is 0 Å². The van der Waals surface area contributed by atoms with Crippen molar-refractivity contribution >= 4 is 6.21 Å². The topological polar surface area (TPSA) is 58.4 Å². The molecular weight excluding hydrogens is 216 g/mol. The SMILES string of the molecule is CCCCC(CC)CN=CCc1cc(=O)o[nH]1. The number of unbranched alkanes of at least 4 members (excludes halogenated alkanes) is 1. The number of hydrogen-bond donors (Lipinski definition) is 1. The van der Waals surface area contributed by atoms with E-state index in [4.69, 9.17) is 0 Å². The molecule has 0 spiro atoms. The summed E-state index contributed by atoms with van der Waals surface area (Å²) in [5, 5.41) is 2.56. The summed E-state index contributed by atoms with van der Waals surface area (Å²) >= 11 is 0. The first-order chi connectivity index (χ1) is 8.26. The molecule has 0 aromatic carbocycles. The molecule has 0 amide bonds. The highest BCUT2D eigenvalue weighted by Crippen LogP contribution is 2.12. The first-order valence-electron chi connectivity index (χ1n) is 6.41. The zero-order chi connectivity index (χ0) is 12.5. The van der Waals surface area contributed by atoms with Crippen LogP contribution in [-0.2, 0) is 6.42 Å². The van der Waals surface area contributed by atoms with Crippen LogP contribution in [0.3, 0.4) is 0 Å². The molecule has 0 aliphatic carbocycles. The molecular formula is C13H22N2O2. The van der Waals surface area contributed by atoms with Gasteiger partial charge in [0.2, 0.25) is 0 Å². The molecule has 1 atom stereocenters. The lowest BCUT2D eigenvalue weighted by Gasteiger charge is -2.10. The van der Waals surface area contributed by atoms with Crippen molar-refractivity contribution in [3.63, 3.8) is 0 Å². The van der Waals surface area contributed by atoms with Gasteiger partial charge in [-0.25, -0.2) is 9.95 Å². The molecule has 0 fully saturated rings. The maximum absolute atomic E-state index is 10.8. The van der Waals surface area contributed by atoms with Gasteiger partial charge in [0, 0.05) is 25.2 Å². The Labute approximate surface area is 102 Å². The van der Waals surface area contributed by atoms with Gasteiger partial charge >= 0.3 is 5.63 Å². The largest absolute Gasteiger partial charge is 0.357 e. The van der Waals surface area contributed by atoms with Gasteiger partial charge in [0.1, 0.15) is 0 Å². The van der Waals surface area contributed by atoms with Crippen LogP contribution in [-0.4, -0.2) is 17.9 Å². The molecule has 0 radical (unpaired) electrons. The fourth-order valence-electron chi connectivity index (χ4n) is 1.72. The number of nitrogens with zero attached hydrogens (tertiary/aromatic N) is 1. The normalized spacial score (nSPS) is 13.3. The van der Waals surface area contributed by atoms with Crippen LogP contribution in [0.15, 0.2) is 20.4 Å². The van der Waals surface area contributed by atoms with Gasteiger partial charge in [-0.3, -0.25) is 4.99 Å². The smallest absolute Gasteiger partial charge is 0.339 e. The summed E-state index contributed by atoms with van der Waals surface area (Å²) in [6, 6.07) is 1.46. The van der Waals surface area contributed by atoms with Gasteiger partial charge in [-0.15, -0.1) is 0 Å². The van der Waals surface area contributed by atoms with E-state index in [0.29, 0.717) is 12.3 Å². The van der Waals surface area contributed by atoms with Crippen LogP contribution in [0.25, 0.3) is 0 Å². The van der Waals surface area contributed by atoms with E-state index in [1.165, 1.54) is 31.7 Å². The minimum absolute atomic E-state index is 0.331. The van der Waals surface area contributed by atoms with E-state index < -0.39 is 0 Å². The lowest BCUT2D eigenvalue weighted by molar-refractivity contribution is 0.386. The van der Waals surface area contributed by atoms with Crippen LogP contribution in [0.5, 0.6) is 0 Å². The number of H-pyrrole nitrogens is 1. The summed E-state index contributed by atoms with van der Waals surface area (Å²) in [5.41, 5.74) is 0.447. The van der Waals surface area contributed by atoms with Gasteiger partial charge in [0.05, 0.1) is 5.69 Å². The molecule has 1 N–H and O–H groups in total. The summed E-state index contributed by atoms with van der Waals surface area (Å²) in [7, 11) is 0. The van der Waals surface area contributed by atoms with Crippen LogP contribution in [0.1, 0.15) is 45.2 Å². The zero-order valence-electron chi connectivity index (χ0n) is 10.7. The molecule has 0 saturated heterocycles. The molecule has 1 rings (SSSR count). The fraction of sp³-hybridized carbons (Fsp3) is 0.692. The van der Waals surface area contributed by atoms with Crippen molar-refractivity contribution < 1.29 is 4.52 Å².